The van der Waals surface area contributed by atoms with Gasteiger partial charge in [-0.05, 0) is 36.2 Å². The van der Waals surface area contributed by atoms with Crippen LogP contribution in [0.15, 0.2) is 36.8 Å². The van der Waals surface area contributed by atoms with Crippen molar-refractivity contribution in [3.8, 4) is 5.75 Å². The Morgan fingerprint density at radius 1 is 1.32 bits per heavy atom. The number of aryl methyl sites for hydroxylation is 1. The minimum absolute atomic E-state index is 0.170. The van der Waals surface area contributed by atoms with Crippen molar-refractivity contribution in [2.45, 2.75) is 13.3 Å². The Labute approximate surface area is 125 Å². The Balaban J connectivity index is 2.13. The molecule has 0 atom stereocenters. The number of nitrogens with zero attached hydrogens (tertiary/aromatic N) is 3. The van der Waals surface area contributed by atoms with Crippen molar-refractivity contribution < 1.29 is 15.0 Å². The van der Waals surface area contributed by atoms with Crippen molar-refractivity contribution >= 4 is 23.0 Å². The molecule has 0 saturated carbocycles. The maximum Gasteiger partial charge on any atom is 0.337 e. The van der Waals surface area contributed by atoms with Crippen LogP contribution in [-0.2, 0) is 6.42 Å². The lowest BCUT2D eigenvalue weighted by Crippen LogP contribution is -2.01. The first kappa shape index (κ1) is 13.9. The van der Waals surface area contributed by atoms with E-state index in [1.165, 1.54) is 17.0 Å². The number of rotatable bonds is 4. The average molecular weight is 298 g/mol. The van der Waals surface area contributed by atoms with Crippen molar-refractivity contribution in [3.05, 3.63) is 47.9 Å². The highest BCUT2D eigenvalue weighted by molar-refractivity contribution is 5.94. The summed E-state index contributed by atoms with van der Waals surface area (Å²) in [4.78, 5) is 15.6. The fraction of sp³-hybridized carbons (Fsp3) is 0.133. The van der Waals surface area contributed by atoms with Gasteiger partial charge in [0.1, 0.15) is 17.6 Å². The van der Waals surface area contributed by atoms with Crippen molar-refractivity contribution in [3.63, 3.8) is 0 Å². The number of fused-ring (bicyclic) bond motifs is 1. The first-order valence-corrected chi connectivity index (χ1v) is 6.74. The maximum absolute atomic E-state index is 11.3. The number of benzene rings is 1. The topological polar surface area (TPSA) is 99.8 Å². The highest BCUT2D eigenvalue weighted by atomic mass is 16.4. The summed E-state index contributed by atoms with van der Waals surface area (Å²) in [7, 11) is 0. The zero-order valence-corrected chi connectivity index (χ0v) is 11.8. The van der Waals surface area contributed by atoms with E-state index in [1.54, 1.807) is 24.3 Å². The predicted octanol–water partition coefficient (Wildman–Crippen LogP) is 2.44. The molecule has 0 unspecified atom stereocenters. The van der Waals surface area contributed by atoms with Gasteiger partial charge >= 0.3 is 5.97 Å². The SMILES string of the molecule is CCc1c(C(=O)O)cn2ncnc(Nc3ccc(O)cc3)c12. The number of aromatic carboxylic acids is 1. The van der Waals surface area contributed by atoms with Gasteiger partial charge in [-0.3, -0.25) is 0 Å². The van der Waals surface area contributed by atoms with E-state index in [2.05, 4.69) is 15.4 Å². The van der Waals surface area contributed by atoms with Gasteiger partial charge in [0.05, 0.1) is 5.56 Å². The fourth-order valence-electron chi connectivity index (χ4n) is 2.39. The number of carbonyl (C=O) groups is 1. The fourth-order valence-corrected chi connectivity index (χ4v) is 2.39. The van der Waals surface area contributed by atoms with Crippen LogP contribution in [0.5, 0.6) is 5.75 Å². The van der Waals surface area contributed by atoms with Crippen LogP contribution in [0.25, 0.3) is 5.52 Å². The molecular weight excluding hydrogens is 284 g/mol. The number of aromatic hydroxyl groups is 1. The molecule has 3 rings (SSSR count). The molecule has 7 nitrogen and oxygen atoms in total. The van der Waals surface area contributed by atoms with E-state index in [1.807, 2.05) is 6.92 Å². The number of phenolic OH excluding ortho intramolecular Hbond substituents is 1. The Bertz CT molecular complexity index is 840. The smallest absolute Gasteiger partial charge is 0.337 e. The second-order valence-corrected chi connectivity index (χ2v) is 4.75. The molecule has 0 aliphatic rings. The third kappa shape index (κ3) is 2.32. The van der Waals surface area contributed by atoms with E-state index in [0.717, 1.165) is 5.69 Å². The molecule has 22 heavy (non-hydrogen) atoms. The lowest BCUT2D eigenvalue weighted by molar-refractivity contribution is 0.0696. The number of carboxylic acids is 1. The van der Waals surface area contributed by atoms with Gasteiger partial charge in [0.15, 0.2) is 5.82 Å². The Morgan fingerprint density at radius 3 is 2.68 bits per heavy atom. The van der Waals surface area contributed by atoms with Gasteiger partial charge in [-0.2, -0.15) is 5.10 Å². The van der Waals surface area contributed by atoms with Gasteiger partial charge in [0.2, 0.25) is 0 Å². The molecule has 7 heteroatoms. The Morgan fingerprint density at radius 2 is 2.05 bits per heavy atom. The molecular formula is C15H14N4O3. The molecule has 1 aromatic carbocycles. The van der Waals surface area contributed by atoms with Crippen LogP contribution in [-0.4, -0.2) is 30.8 Å². The number of aromatic nitrogens is 3. The molecule has 2 heterocycles. The molecule has 0 amide bonds. The zero-order chi connectivity index (χ0) is 15.7. The lowest BCUT2D eigenvalue weighted by atomic mass is 10.1. The minimum atomic E-state index is -0.988. The van der Waals surface area contributed by atoms with Gasteiger partial charge in [0.25, 0.3) is 0 Å². The van der Waals surface area contributed by atoms with Crippen LogP contribution < -0.4 is 5.32 Å². The van der Waals surface area contributed by atoms with E-state index in [9.17, 15) is 15.0 Å². The molecule has 0 saturated heterocycles. The molecule has 0 aliphatic carbocycles. The molecule has 3 N–H and O–H groups in total. The van der Waals surface area contributed by atoms with E-state index in [-0.39, 0.29) is 11.3 Å². The highest BCUT2D eigenvalue weighted by Gasteiger charge is 2.18. The molecule has 0 fully saturated rings. The highest BCUT2D eigenvalue weighted by Crippen LogP contribution is 2.27. The first-order chi connectivity index (χ1) is 10.6. The number of hydrogen-bond acceptors (Lipinski definition) is 5. The van der Waals surface area contributed by atoms with Gasteiger partial charge in [0, 0.05) is 11.9 Å². The van der Waals surface area contributed by atoms with Crippen molar-refractivity contribution in [1.29, 1.82) is 0 Å². The summed E-state index contributed by atoms with van der Waals surface area (Å²) in [6, 6.07) is 6.53. The van der Waals surface area contributed by atoms with Crippen molar-refractivity contribution in [2.24, 2.45) is 0 Å². The van der Waals surface area contributed by atoms with Crippen LogP contribution in [0.4, 0.5) is 11.5 Å². The van der Waals surface area contributed by atoms with Gasteiger partial charge in [-0.15, -0.1) is 0 Å². The first-order valence-electron chi connectivity index (χ1n) is 6.74. The largest absolute Gasteiger partial charge is 0.508 e. The van der Waals surface area contributed by atoms with Gasteiger partial charge in [-0.1, -0.05) is 6.92 Å². The van der Waals surface area contributed by atoms with E-state index < -0.39 is 5.97 Å². The zero-order valence-electron chi connectivity index (χ0n) is 11.8. The number of nitrogens with one attached hydrogen (secondary N) is 1. The number of carboxylic acid groups (broad SMARTS) is 1. The third-order valence-corrected chi connectivity index (χ3v) is 3.39. The molecule has 0 spiro atoms. The summed E-state index contributed by atoms with van der Waals surface area (Å²) in [6.45, 7) is 1.89. The van der Waals surface area contributed by atoms with E-state index in [4.69, 9.17) is 0 Å². The van der Waals surface area contributed by atoms with Crippen LogP contribution in [0.2, 0.25) is 0 Å². The van der Waals surface area contributed by atoms with Gasteiger partial charge in [-0.25, -0.2) is 14.3 Å². The van der Waals surface area contributed by atoms with Crippen LogP contribution >= 0.6 is 0 Å². The summed E-state index contributed by atoms with van der Waals surface area (Å²) in [5.74, 6) is -0.300. The monoisotopic (exact) mass is 298 g/mol. The quantitative estimate of drug-likeness (QED) is 0.640. The molecule has 0 aliphatic heterocycles. The standard InChI is InChI=1S/C15H14N4O3/c1-2-11-12(15(21)22)7-19-13(11)14(16-8-17-19)18-9-3-5-10(20)6-4-9/h3-8,20H,2H2,1H3,(H,21,22)(H,16,17,18). The summed E-state index contributed by atoms with van der Waals surface area (Å²) < 4.78 is 1.51. The second kappa shape index (κ2) is 5.36. The Hall–Kier alpha value is -3.09. The Kier molecular flexibility index (Phi) is 3.38. The van der Waals surface area contributed by atoms with Gasteiger partial charge < -0.3 is 15.5 Å². The predicted molar refractivity (Wildman–Crippen MR) is 80.7 cm³/mol. The van der Waals surface area contributed by atoms with Crippen LogP contribution in [0, 0.1) is 0 Å². The number of anilines is 2. The third-order valence-electron chi connectivity index (χ3n) is 3.39. The number of hydrogen-bond donors (Lipinski definition) is 3. The van der Waals surface area contributed by atoms with E-state index in [0.29, 0.717) is 23.3 Å². The average Bonchev–Trinajstić information content (AvgIpc) is 2.89. The molecule has 0 bridgehead atoms. The van der Waals surface area contributed by atoms with Crippen molar-refractivity contribution in [1.82, 2.24) is 14.6 Å². The number of phenols is 1. The molecule has 2 aromatic heterocycles. The summed E-state index contributed by atoms with van der Waals surface area (Å²) in [5, 5.41) is 25.8. The van der Waals surface area contributed by atoms with Crippen LogP contribution in [0.3, 0.4) is 0 Å². The van der Waals surface area contributed by atoms with Crippen molar-refractivity contribution in [2.75, 3.05) is 5.32 Å². The lowest BCUT2D eigenvalue weighted by Gasteiger charge is -2.08. The molecule has 112 valence electrons. The summed E-state index contributed by atoms with van der Waals surface area (Å²) in [6.07, 6.45) is 3.40. The van der Waals surface area contributed by atoms with E-state index >= 15 is 0 Å². The summed E-state index contributed by atoms with van der Waals surface area (Å²) in [5.41, 5.74) is 2.26. The molecule has 0 radical (unpaired) electrons. The maximum atomic E-state index is 11.3. The normalized spacial score (nSPS) is 10.8. The summed E-state index contributed by atoms with van der Waals surface area (Å²) >= 11 is 0. The molecule has 3 aromatic rings. The second-order valence-electron chi connectivity index (χ2n) is 4.75. The minimum Gasteiger partial charge on any atom is -0.508 e. The van der Waals surface area contributed by atoms with Crippen LogP contribution in [0.1, 0.15) is 22.8 Å².